The number of aryl methyl sites for hydroxylation is 1. The Morgan fingerprint density at radius 1 is 1.42 bits per heavy atom. The Labute approximate surface area is 119 Å². The Morgan fingerprint density at radius 3 is 2.79 bits per heavy atom. The first-order chi connectivity index (χ1) is 9.17. The molecule has 0 aliphatic heterocycles. The fourth-order valence-corrected chi connectivity index (χ4v) is 2.70. The van der Waals surface area contributed by atoms with Gasteiger partial charge in [0.2, 0.25) is 5.91 Å². The van der Waals surface area contributed by atoms with Crippen LogP contribution in [0.1, 0.15) is 61.9 Å². The molecule has 0 aliphatic rings. The highest BCUT2D eigenvalue weighted by Crippen LogP contribution is 2.20. The average molecular weight is 283 g/mol. The summed E-state index contributed by atoms with van der Waals surface area (Å²) in [6, 6.07) is 0.0156. The number of thiazole rings is 1. The first-order valence-corrected chi connectivity index (χ1v) is 7.93. The second-order valence-corrected chi connectivity index (χ2v) is 5.91. The van der Waals surface area contributed by atoms with E-state index in [4.69, 9.17) is 5.73 Å². The molecular formula is C14H25N3OS. The summed E-state index contributed by atoms with van der Waals surface area (Å²) < 4.78 is 0. The van der Waals surface area contributed by atoms with Gasteiger partial charge in [-0.05, 0) is 32.7 Å². The quantitative estimate of drug-likeness (QED) is 0.685. The lowest BCUT2D eigenvalue weighted by Crippen LogP contribution is -2.26. The normalized spacial score (nSPS) is 12.4. The van der Waals surface area contributed by atoms with Gasteiger partial charge in [0.05, 0.1) is 6.04 Å². The maximum atomic E-state index is 11.8. The second kappa shape index (κ2) is 9.04. The van der Waals surface area contributed by atoms with Crippen molar-refractivity contribution in [3.8, 4) is 0 Å². The van der Waals surface area contributed by atoms with Crippen LogP contribution < -0.4 is 11.1 Å². The number of hydrogen-bond acceptors (Lipinski definition) is 4. The first kappa shape index (κ1) is 16.1. The van der Waals surface area contributed by atoms with Crippen LogP contribution >= 0.6 is 11.3 Å². The van der Waals surface area contributed by atoms with E-state index in [1.54, 1.807) is 11.3 Å². The number of aromatic nitrogens is 1. The van der Waals surface area contributed by atoms with Crippen LogP contribution in [-0.4, -0.2) is 17.4 Å². The van der Waals surface area contributed by atoms with Crippen LogP contribution in [0.3, 0.4) is 0 Å². The van der Waals surface area contributed by atoms with Crippen LogP contribution in [-0.2, 0) is 11.2 Å². The van der Waals surface area contributed by atoms with E-state index in [9.17, 15) is 4.79 Å². The van der Waals surface area contributed by atoms with Gasteiger partial charge in [-0.1, -0.05) is 19.8 Å². The minimum Gasteiger partial charge on any atom is -0.347 e. The summed E-state index contributed by atoms with van der Waals surface area (Å²) in [4.78, 5) is 17.4. The predicted octanol–water partition coefficient (Wildman–Crippen LogP) is 2.79. The summed E-state index contributed by atoms with van der Waals surface area (Å²) in [6.07, 6.45) is 7.69. The standard InChI is InChI=1S/C14H25N3OS/c1-3-12-10-16-14(19-12)11(2)17-13(18)8-6-4-5-7-9-15/h10-11H,3-9,15H2,1-2H3,(H,17,18). The topological polar surface area (TPSA) is 68.0 Å². The molecule has 0 saturated heterocycles. The van der Waals surface area contributed by atoms with Crippen LogP contribution in [0.25, 0.3) is 0 Å². The van der Waals surface area contributed by atoms with E-state index in [0.29, 0.717) is 6.42 Å². The number of nitrogens with two attached hydrogens (primary N) is 1. The maximum absolute atomic E-state index is 11.8. The van der Waals surface area contributed by atoms with Gasteiger partial charge < -0.3 is 11.1 Å². The van der Waals surface area contributed by atoms with Gasteiger partial charge in [0.1, 0.15) is 5.01 Å². The van der Waals surface area contributed by atoms with Crippen molar-refractivity contribution in [3.63, 3.8) is 0 Å². The Morgan fingerprint density at radius 2 is 2.16 bits per heavy atom. The number of amides is 1. The van der Waals surface area contributed by atoms with Crippen LogP contribution in [0.4, 0.5) is 0 Å². The van der Waals surface area contributed by atoms with E-state index in [0.717, 1.165) is 43.7 Å². The Hall–Kier alpha value is -0.940. The van der Waals surface area contributed by atoms with Crippen molar-refractivity contribution in [1.82, 2.24) is 10.3 Å². The fraction of sp³-hybridized carbons (Fsp3) is 0.714. The summed E-state index contributed by atoms with van der Waals surface area (Å²) in [5, 5.41) is 4.00. The first-order valence-electron chi connectivity index (χ1n) is 7.11. The van der Waals surface area contributed by atoms with Crippen LogP contribution in [0.15, 0.2) is 6.20 Å². The molecular weight excluding hydrogens is 258 g/mol. The highest BCUT2D eigenvalue weighted by Gasteiger charge is 2.12. The van der Waals surface area contributed by atoms with E-state index in [1.165, 1.54) is 4.88 Å². The molecule has 1 atom stereocenters. The SMILES string of the molecule is CCc1cnc(C(C)NC(=O)CCCCCCN)s1. The molecule has 0 saturated carbocycles. The predicted molar refractivity (Wildman–Crippen MR) is 80.2 cm³/mol. The van der Waals surface area contributed by atoms with Crippen LogP contribution in [0.5, 0.6) is 0 Å². The number of carbonyl (C=O) groups is 1. The molecule has 108 valence electrons. The third-order valence-corrected chi connectivity index (χ3v) is 4.35. The zero-order valence-corrected chi connectivity index (χ0v) is 12.8. The molecule has 1 amide bonds. The molecule has 0 bridgehead atoms. The van der Waals surface area contributed by atoms with Gasteiger partial charge in [-0.3, -0.25) is 4.79 Å². The summed E-state index contributed by atoms with van der Waals surface area (Å²) in [5.74, 6) is 0.119. The summed E-state index contributed by atoms with van der Waals surface area (Å²) in [5.41, 5.74) is 5.43. The highest BCUT2D eigenvalue weighted by molar-refractivity contribution is 7.11. The Bertz CT molecular complexity index is 379. The van der Waals surface area contributed by atoms with Crippen molar-refractivity contribution < 1.29 is 4.79 Å². The van der Waals surface area contributed by atoms with Gasteiger partial charge in [-0.25, -0.2) is 4.98 Å². The summed E-state index contributed by atoms with van der Waals surface area (Å²) in [7, 11) is 0. The van der Waals surface area contributed by atoms with Crippen molar-refractivity contribution in [2.45, 2.75) is 58.4 Å². The molecule has 0 aromatic carbocycles. The van der Waals surface area contributed by atoms with E-state index in [2.05, 4.69) is 17.2 Å². The van der Waals surface area contributed by atoms with E-state index >= 15 is 0 Å². The number of nitrogens with zero attached hydrogens (tertiary/aromatic N) is 1. The molecule has 19 heavy (non-hydrogen) atoms. The van der Waals surface area contributed by atoms with Gasteiger partial charge in [0.15, 0.2) is 0 Å². The lowest BCUT2D eigenvalue weighted by molar-refractivity contribution is -0.121. The smallest absolute Gasteiger partial charge is 0.220 e. The molecule has 0 spiro atoms. The zero-order valence-electron chi connectivity index (χ0n) is 11.9. The largest absolute Gasteiger partial charge is 0.347 e. The maximum Gasteiger partial charge on any atom is 0.220 e. The number of hydrogen-bond donors (Lipinski definition) is 2. The molecule has 1 aromatic rings. The van der Waals surface area contributed by atoms with Crippen molar-refractivity contribution in [2.75, 3.05) is 6.54 Å². The van der Waals surface area contributed by atoms with Gasteiger partial charge in [0.25, 0.3) is 0 Å². The minimum atomic E-state index is 0.0156. The average Bonchev–Trinajstić information content (AvgIpc) is 2.87. The molecule has 1 rings (SSSR count). The third kappa shape index (κ3) is 6.16. The molecule has 0 radical (unpaired) electrons. The highest BCUT2D eigenvalue weighted by atomic mass is 32.1. The van der Waals surface area contributed by atoms with Gasteiger partial charge in [0, 0.05) is 17.5 Å². The van der Waals surface area contributed by atoms with Crippen molar-refractivity contribution in [3.05, 3.63) is 16.1 Å². The summed E-state index contributed by atoms with van der Waals surface area (Å²) in [6.45, 7) is 4.85. The van der Waals surface area contributed by atoms with Crippen LogP contribution in [0.2, 0.25) is 0 Å². The van der Waals surface area contributed by atoms with Gasteiger partial charge >= 0.3 is 0 Å². The fourth-order valence-electron chi connectivity index (χ4n) is 1.85. The van der Waals surface area contributed by atoms with Gasteiger partial charge in [-0.15, -0.1) is 11.3 Å². The molecule has 1 heterocycles. The summed E-state index contributed by atoms with van der Waals surface area (Å²) >= 11 is 1.68. The lowest BCUT2D eigenvalue weighted by atomic mass is 10.1. The number of carbonyl (C=O) groups excluding carboxylic acids is 1. The molecule has 4 nitrogen and oxygen atoms in total. The van der Waals surface area contributed by atoms with Crippen LogP contribution in [0, 0.1) is 0 Å². The molecule has 0 fully saturated rings. The number of nitrogens with one attached hydrogen (secondary N) is 1. The van der Waals surface area contributed by atoms with Gasteiger partial charge in [-0.2, -0.15) is 0 Å². The van der Waals surface area contributed by atoms with Crippen molar-refractivity contribution >= 4 is 17.2 Å². The van der Waals surface area contributed by atoms with Crippen molar-refractivity contribution in [1.29, 1.82) is 0 Å². The third-order valence-electron chi connectivity index (χ3n) is 3.03. The second-order valence-electron chi connectivity index (χ2n) is 4.76. The minimum absolute atomic E-state index is 0.0156. The Kier molecular flexibility index (Phi) is 7.67. The molecule has 1 aromatic heterocycles. The number of unbranched alkanes of at least 4 members (excludes halogenated alkanes) is 3. The van der Waals surface area contributed by atoms with Crippen molar-refractivity contribution in [2.24, 2.45) is 5.73 Å². The van der Waals surface area contributed by atoms with E-state index in [1.807, 2.05) is 13.1 Å². The van der Waals surface area contributed by atoms with E-state index in [-0.39, 0.29) is 11.9 Å². The molecule has 5 heteroatoms. The molecule has 0 aliphatic carbocycles. The monoisotopic (exact) mass is 283 g/mol. The van der Waals surface area contributed by atoms with E-state index < -0.39 is 0 Å². The lowest BCUT2D eigenvalue weighted by Gasteiger charge is -2.11. The molecule has 3 N–H and O–H groups in total. The zero-order chi connectivity index (χ0) is 14.1. The number of rotatable bonds is 9. The molecule has 1 unspecified atom stereocenters. The Balaban J connectivity index is 2.23.